The van der Waals surface area contributed by atoms with Crippen molar-refractivity contribution in [1.29, 1.82) is 0 Å². The van der Waals surface area contributed by atoms with Gasteiger partial charge in [0.25, 0.3) is 0 Å². The Morgan fingerprint density at radius 1 is 0.167 bits per heavy atom. The zero-order valence-electron chi connectivity index (χ0n) is 69.4. The summed E-state index contributed by atoms with van der Waals surface area (Å²) in [5.74, 6) is 0. The second-order valence-electron chi connectivity index (χ2n) is 29.3. The highest BCUT2D eigenvalue weighted by atomic mass is 31.2. The highest BCUT2D eigenvalue weighted by Crippen LogP contribution is 2.27. The molecule has 636 valence electrons. The Kier molecular flexibility index (Phi) is 54.1. The van der Waals surface area contributed by atoms with Gasteiger partial charge in [-0.25, -0.2) is 0 Å². The largest absolute Gasteiger partial charge is 0.562 e. The van der Waals surface area contributed by atoms with Gasteiger partial charge in [0.2, 0.25) is 0 Å². The highest BCUT2D eigenvalue weighted by Gasteiger charge is 2.24. The lowest BCUT2D eigenvalue weighted by molar-refractivity contribution is -0.175. The lowest BCUT2D eigenvalue weighted by atomic mass is 10.2. The molecule has 0 aromatic heterocycles. The number of hydrogen-bond donors (Lipinski definition) is 0. The standard InChI is InChI=1S/6C15H18N.6FO2P/c6*1-16(2,15-11-7-4-8-12-15)13-14-9-5-3-6-10-14;6*1-4(2)3/h6*3-12H,13H2,1-2H3;;;;;;/q6*+1;;;;;;. The quantitative estimate of drug-likeness (QED) is 0.0443. The molecular weight excluding hydrogens is 1660 g/mol. The Hall–Kier alpha value is -9.66. The molecule has 0 saturated heterocycles. The van der Waals surface area contributed by atoms with Gasteiger partial charge in [0.05, 0.1) is 110 Å². The fourth-order valence-corrected chi connectivity index (χ4v) is 11.8. The predicted molar refractivity (Wildman–Crippen MR) is 474 cm³/mol. The molecule has 0 bridgehead atoms. The summed E-state index contributed by atoms with van der Waals surface area (Å²) in [7, 11) is 5.14. The molecule has 0 spiro atoms. The summed E-state index contributed by atoms with van der Waals surface area (Å²) in [5.41, 5.74) is 16.3. The van der Waals surface area contributed by atoms with Crippen molar-refractivity contribution < 1.29 is 81.9 Å². The number of para-hydroxylation sites is 6. The van der Waals surface area contributed by atoms with Crippen LogP contribution < -0.4 is 56.3 Å². The fourth-order valence-electron chi connectivity index (χ4n) is 11.8. The first-order chi connectivity index (χ1) is 56.5. The summed E-state index contributed by atoms with van der Waals surface area (Å²) < 4.78 is 115. The number of nitrogens with zero attached hydrogens (tertiary/aromatic N) is 6. The zero-order valence-corrected chi connectivity index (χ0v) is 74.8. The van der Waals surface area contributed by atoms with E-state index in [4.69, 9.17) is 56.8 Å². The Balaban J connectivity index is 0.000000682. The van der Waals surface area contributed by atoms with Gasteiger partial charge < -0.3 is 29.4 Å². The molecule has 12 rings (SSSR count). The SMILES string of the molecule is C[N+](C)(Cc1ccccc1)c1ccccc1.C[N+](C)(Cc1ccccc1)c1ccccc1.C[N+](C)(Cc1ccccc1)c1ccccc1.C[N+](C)(Cc1ccccc1)c1ccccc1.C[N+](C)(Cc1ccccc1)c1ccccc1.C[N+](C)(Cc1ccccc1)c1ccccc1.O=[P+]([O-])F.O=[P+]([O-])F.O=[P+]([O-])F.O=[P+]([O-])F.O=[P+]([O-])F.O=[P+]([O-])F. The third-order valence-corrected chi connectivity index (χ3v) is 17.3. The molecule has 30 heteroatoms. The van der Waals surface area contributed by atoms with E-state index in [1.165, 1.54) is 67.5 Å². The van der Waals surface area contributed by atoms with Crippen molar-refractivity contribution in [3.63, 3.8) is 0 Å². The second kappa shape index (κ2) is 59.9. The lowest BCUT2D eigenvalue weighted by Crippen LogP contribution is -2.39. The number of hydrogen-bond acceptors (Lipinski definition) is 12. The highest BCUT2D eigenvalue weighted by molar-refractivity contribution is 7.30. The molecule has 0 fully saturated rings. The van der Waals surface area contributed by atoms with Crippen molar-refractivity contribution in [2.24, 2.45) is 0 Å². The molecule has 120 heavy (non-hydrogen) atoms. The Morgan fingerprint density at radius 2 is 0.233 bits per heavy atom. The first kappa shape index (κ1) is 108. The summed E-state index contributed by atoms with van der Waals surface area (Å²) in [6, 6.07) is 127. The van der Waals surface area contributed by atoms with Crippen molar-refractivity contribution in [1.82, 2.24) is 26.9 Å². The first-order valence-electron chi connectivity index (χ1n) is 36.9. The molecule has 12 aromatic rings. The number of quaternary nitrogens is 6. The van der Waals surface area contributed by atoms with Gasteiger partial charge in [-0.2, -0.15) is 0 Å². The van der Waals surface area contributed by atoms with Crippen molar-refractivity contribution in [2.75, 3.05) is 84.6 Å². The lowest BCUT2D eigenvalue weighted by Gasteiger charge is -2.29. The molecule has 18 nitrogen and oxygen atoms in total. The molecule has 0 aliphatic rings. The molecule has 0 radical (unpaired) electrons. The van der Waals surface area contributed by atoms with E-state index < -0.39 is 50.0 Å². The minimum atomic E-state index is -3.62. The molecule has 12 aromatic carbocycles. The van der Waals surface area contributed by atoms with Gasteiger partial charge in [-0.1, -0.05) is 291 Å². The van der Waals surface area contributed by atoms with E-state index in [-0.39, 0.29) is 0 Å². The fraction of sp³-hybridized carbons (Fsp3) is 0.200. The second-order valence-corrected chi connectivity index (χ2v) is 31.8. The maximum atomic E-state index is 9.95. The molecule has 0 aliphatic heterocycles. The van der Waals surface area contributed by atoms with E-state index in [0.29, 0.717) is 0 Å². The minimum absolute atomic E-state index is 0.880. The molecule has 0 N–H and O–H groups in total. The normalized spacial score (nSPS) is 11.3. The summed E-state index contributed by atoms with van der Waals surface area (Å²) in [4.78, 5) is 50.2. The summed E-state index contributed by atoms with van der Waals surface area (Å²) in [6.45, 7) is 6.11. The van der Waals surface area contributed by atoms with E-state index in [0.717, 1.165) is 66.2 Å². The number of rotatable bonds is 18. The van der Waals surface area contributed by atoms with E-state index in [1.807, 2.05) is 0 Å². The van der Waals surface area contributed by atoms with E-state index in [2.05, 4.69) is 449 Å². The van der Waals surface area contributed by atoms with Crippen LogP contribution in [0.4, 0.5) is 59.3 Å². The van der Waals surface area contributed by atoms with Crippen LogP contribution in [-0.4, -0.2) is 84.6 Å². The predicted octanol–water partition coefficient (Wildman–Crippen LogP) is 20.6. The maximum absolute atomic E-state index is 9.95. The van der Waals surface area contributed by atoms with Crippen LogP contribution in [-0.2, 0) is 66.7 Å². The van der Waals surface area contributed by atoms with Crippen LogP contribution in [0.25, 0.3) is 0 Å². The molecule has 0 amide bonds. The molecule has 6 unspecified atom stereocenters. The minimum Gasteiger partial charge on any atom is -0.562 e. The molecule has 0 aliphatic carbocycles. The van der Waals surface area contributed by atoms with Crippen LogP contribution in [0.1, 0.15) is 33.4 Å². The average molecular weight is 1770 g/mol. The Labute approximate surface area is 710 Å². The van der Waals surface area contributed by atoms with Crippen LogP contribution in [0.15, 0.2) is 364 Å². The van der Waals surface area contributed by atoms with Crippen LogP contribution in [0.5, 0.6) is 0 Å². The molecule has 0 heterocycles. The summed E-state index contributed by atoms with van der Waals surface area (Å²) in [6.07, 6.45) is 0. The van der Waals surface area contributed by atoms with Gasteiger partial charge in [-0.05, 0) is 100 Å². The van der Waals surface area contributed by atoms with E-state index >= 15 is 0 Å². The third-order valence-electron chi connectivity index (χ3n) is 17.3. The molecule has 6 atom stereocenters. The van der Waals surface area contributed by atoms with Gasteiger partial charge in [-0.3, -0.25) is 26.9 Å². The van der Waals surface area contributed by atoms with Crippen LogP contribution in [0.3, 0.4) is 0 Å². The van der Waals surface area contributed by atoms with Crippen molar-refractivity contribution in [3.05, 3.63) is 397 Å². The van der Waals surface area contributed by atoms with Gasteiger partial charge in [0, 0.05) is 33.4 Å². The topological polar surface area (TPSA) is 241 Å². The Morgan fingerprint density at radius 3 is 0.308 bits per heavy atom. The number of halogens is 6. The van der Waals surface area contributed by atoms with E-state index in [1.54, 1.807) is 0 Å². The summed E-state index contributed by atoms with van der Waals surface area (Å²) >= 11 is 0. The first-order valence-corrected chi connectivity index (χ1v) is 43.3. The molecular formula is C90H108F6N6O12P6+6. The van der Waals surface area contributed by atoms with Crippen LogP contribution >= 0.6 is 50.0 Å². The van der Waals surface area contributed by atoms with Crippen LogP contribution in [0.2, 0.25) is 0 Å². The van der Waals surface area contributed by atoms with Gasteiger partial charge in [0.15, 0.2) is 0 Å². The Bertz CT molecular complexity index is 3950. The average Bonchev–Trinajstić information content (AvgIpc) is 0.872. The zero-order chi connectivity index (χ0) is 90.1. The van der Waals surface area contributed by atoms with Gasteiger partial charge >= 0.3 is 50.0 Å². The van der Waals surface area contributed by atoms with Gasteiger partial charge in [-0.15, -0.1) is 0 Å². The monoisotopic (exact) mass is 1760 g/mol. The summed E-state index contributed by atoms with van der Waals surface area (Å²) in [5, 5.41) is 0. The van der Waals surface area contributed by atoms with Crippen molar-refractivity contribution in [3.8, 4) is 0 Å². The smallest absolute Gasteiger partial charge is 0.540 e. The number of benzene rings is 12. The van der Waals surface area contributed by atoms with E-state index in [9.17, 15) is 25.2 Å². The maximum Gasteiger partial charge on any atom is 0.540 e. The van der Waals surface area contributed by atoms with Crippen molar-refractivity contribution >= 4 is 84.2 Å². The van der Waals surface area contributed by atoms with Crippen LogP contribution in [0, 0.1) is 0 Å². The third kappa shape index (κ3) is 53.8. The van der Waals surface area contributed by atoms with Gasteiger partial charge in [0.1, 0.15) is 73.4 Å². The molecule has 0 saturated carbocycles. The van der Waals surface area contributed by atoms with Crippen molar-refractivity contribution in [2.45, 2.75) is 39.3 Å².